The molecule has 2 heterocycles. The summed E-state index contributed by atoms with van der Waals surface area (Å²) in [5.41, 5.74) is 0.378. The molecule has 2 rings (SSSR count). The lowest BCUT2D eigenvalue weighted by Crippen LogP contribution is -2.41. The zero-order valence-electron chi connectivity index (χ0n) is 11.8. The second kappa shape index (κ2) is 6.04. The van der Waals surface area contributed by atoms with E-state index in [9.17, 15) is 14.9 Å². The number of amides is 1. The number of carbonyl (C=O) groups is 1. The van der Waals surface area contributed by atoms with E-state index in [1.807, 2.05) is 7.05 Å². The molecule has 1 N–H and O–H groups in total. The molecule has 1 aliphatic heterocycles. The van der Waals surface area contributed by atoms with Crippen LogP contribution in [0.5, 0.6) is 0 Å². The molecule has 0 saturated carbocycles. The largest absolute Gasteiger partial charge is 0.358 e. The minimum absolute atomic E-state index is 0.0570. The van der Waals surface area contributed by atoms with Crippen molar-refractivity contribution in [3.8, 4) is 0 Å². The van der Waals surface area contributed by atoms with E-state index in [0.29, 0.717) is 24.7 Å². The Morgan fingerprint density at radius 1 is 1.45 bits per heavy atom. The summed E-state index contributed by atoms with van der Waals surface area (Å²) in [7, 11) is 3.49. The van der Waals surface area contributed by atoms with E-state index in [2.05, 4.69) is 5.32 Å². The summed E-state index contributed by atoms with van der Waals surface area (Å²) in [6, 6.07) is 2.90. The molecule has 1 amide bonds. The first-order valence-corrected chi connectivity index (χ1v) is 6.78. The number of hydrogen-bond donors (Lipinski definition) is 1. The van der Waals surface area contributed by atoms with Gasteiger partial charge in [0.2, 0.25) is 0 Å². The number of aromatic nitrogens is 1. The molecule has 0 bridgehead atoms. The van der Waals surface area contributed by atoms with Crippen molar-refractivity contribution in [2.75, 3.05) is 26.7 Å². The Labute approximate surface area is 117 Å². The summed E-state index contributed by atoms with van der Waals surface area (Å²) >= 11 is 0. The number of carbonyl (C=O) groups excluding carboxylic acids is 1. The Morgan fingerprint density at radius 2 is 2.10 bits per heavy atom. The highest BCUT2D eigenvalue weighted by molar-refractivity contribution is 5.93. The van der Waals surface area contributed by atoms with Gasteiger partial charge in [-0.25, -0.2) is 4.57 Å². The van der Waals surface area contributed by atoms with Crippen LogP contribution in [-0.2, 0) is 7.05 Å². The fourth-order valence-corrected chi connectivity index (χ4v) is 2.69. The molecule has 0 unspecified atom stereocenters. The normalized spacial score (nSPS) is 16.4. The first-order valence-electron chi connectivity index (χ1n) is 6.78. The van der Waals surface area contributed by atoms with Gasteiger partial charge in [0.25, 0.3) is 5.91 Å². The van der Waals surface area contributed by atoms with Gasteiger partial charge in [-0.05, 0) is 43.3 Å². The van der Waals surface area contributed by atoms with Gasteiger partial charge in [-0.3, -0.25) is 4.79 Å². The summed E-state index contributed by atoms with van der Waals surface area (Å²) in [6.45, 7) is 2.39. The van der Waals surface area contributed by atoms with Gasteiger partial charge in [-0.15, -0.1) is 0 Å². The summed E-state index contributed by atoms with van der Waals surface area (Å²) in [5, 5.41) is 14.0. The number of nitrogens with one attached hydrogen (secondary N) is 1. The molecule has 1 aromatic rings. The number of nitrogens with zero attached hydrogens (tertiary/aromatic N) is 3. The highest BCUT2D eigenvalue weighted by atomic mass is 16.6. The van der Waals surface area contributed by atoms with E-state index >= 15 is 0 Å². The Balaban J connectivity index is 2.04. The van der Waals surface area contributed by atoms with Gasteiger partial charge in [-0.2, -0.15) is 0 Å². The van der Waals surface area contributed by atoms with Crippen molar-refractivity contribution in [1.29, 1.82) is 0 Å². The molecule has 20 heavy (non-hydrogen) atoms. The van der Waals surface area contributed by atoms with Crippen LogP contribution in [-0.4, -0.2) is 47.0 Å². The standard InChI is InChI=1S/C13H20N4O3/c1-14-9-10-5-7-16(8-6-10)13(18)11-3-4-12(15(11)2)17(19)20/h3-4,10,14H,5-9H2,1-2H3. The zero-order chi connectivity index (χ0) is 14.7. The number of rotatable bonds is 4. The van der Waals surface area contributed by atoms with Crippen LogP contribution in [0.1, 0.15) is 23.3 Å². The molecule has 0 radical (unpaired) electrons. The fourth-order valence-electron chi connectivity index (χ4n) is 2.69. The summed E-state index contributed by atoms with van der Waals surface area (Å²) in [5.74, 6) is 0.425. The topological polar surface area (TPSA) is 80.4 Å². The monoisotopic (exact) mass is 280 g/mol. The quantitative estimate of drug-likeness (QED) is 0.659. The fraction of sp³-hybridized carbons (Fsp3) is 0.615. The minimum Gasteiger partial charge on any atom is -0.358 e. The first-order chi connectivity index (χ1) is 9.54. The van der Waals surface area contributed by atoms with Gasteiger partial charge in [0.15, 0.2) is 5.69 Å². The number of piperidine rings is 1. The van der Waals surface area contributed by atoms with E-state index in [-0.39, 0.29) is 11.7 Å². The number of likely N-dealkylation sites (tertiary alicyclic amines) is 1. The minimum atomic E-state index is -0.476. The van der Waals surface area contributed by atoms with Crippen LogP contribution in [0.4, 0.5) is 5.82 Å². The number of hydrogen-bond acceptors (Lipinski definition) is 4. The molecule has 1 saturated heterocycles. The predicted octanol–water partition coefficient (Wildman–Crippen LogP) is 1.00. The van der Waals surface area contributed by atoms with Crippen LogP contribution >= 0.6 is 0 Å². The summed E-state index contributed by atoms with van der Waals surface area (Å²) < 4.78 is 1.35. The second-order valence-corrected chi connectivity index (χ2v) is 5.19. The van der Waals surface area contributed by atoms with Gasteiger partial charge in [0, 0.05) is 19.2 Å². The molecule has 0 aromatic carbocycles. The molecule has 7 heteroatoms. The van der Waals surface area contributed by atoms with Crippen LogP contribution in [0.3, 0.4) is 0 Å². The van der Waals surface area contributed by atoms with Crippen molar-refractivity contribution in [2.45, 2.75) is 12.8 Å². The Kier molecular flexibility index (Phi) is 4.39. The molecule has 7 nitrogen and oxygen atoms in total. The first kappa shape index (κ1) is 14.5. The van der Waals surface area contributed by atoms with E-state index in [1.165, 1.54) is 16.7 Å². The highest BCUT2D eigenvalue weighted by Gasteiger charge is 2.28. The summed E-state index contributed by atoms with van der Waals surface area (Å²) in [4.78, 5) is 24.5. The average Bonchev–Trinajstić information content (AvgIpc) is 2.81. The molecule has 0 spiro atoms. The molecule has 1 aliphatic rings. The maximum Gasteiger partial charge on any atom is 0.323 e. The Hall–Kier alpha value is -1.89. The van der Waals surface area contributed by atoms with Crippen LogP contribution in [0, 0.1) is 16.0 Å². The maximum atomic E-state index is 12.4. The van der Waals surface area contributed by atoms with Crippen LogP contribution in [0.25, 0.3) is 0 Å². The van der Waals surface area contributed by atoms with Crippen molar-refractivity contribution >= 4 is 11.7 Å². The van der Waals surface area contributed by atoms with Gasteiger partial charge >= 0.3 is 5.82 Å². The smallest absolute Gasteiger partial charge is 0.323 e. The molecule has 1 aromatic heterocycles. The Morgan fingerprint density at radius 3 is 2.60 bits per heavy atom. The maximum absolute atomic E-state index is 12.4. The van der Waals surface area contributed by atoms with Crippen molar-refractivity contribution in [1.82, 2.24) is 14.8 Å². The molecular weight excluding hydrogens is 260 g/mol. The van der Waals surface area contributed by atoms with Crippen LogP contribution in [0.15, 0.2) is 12.1 Å². The lowest BCUT2D eigenvalue weighted by atomic mass is 9.96. The van der Waals surface area contributed by atoms with Crippen LogP contribution in [0.2, 0.25) is 0 Å². The zero-order valence-corrected chi connectivity index (χ0v) is 11.8. The van der Waals surface area contributed by atoms with E-state index in [1.54, 1.807) is 11.9 Å². The average molecular weight is 280 g/mol. The van der Waals surface area contributed by atoms with Gasteiger partial charge < -0.3 is 20.3 Å². The van der Waals surface area contributed by atoms with E-state index in [4.69, 9.17) is 0 Å². The van der Waals surface area contributed by atoms with Gasteiger partial charge in [-0.1, -0.05) is 0 Å². The molecular formula is C13H20N4O3. The van der Waals surface area contributed by atoms with E-state index in [0.717, 1.165) is 19.4 Å². The van der Waals surface area contributed by atoms with Crippen molar-refractivity contribution in [2.24, 2.45) is 13.0 Å². The lowest BCUT2D eigenvalue weighted by molar-refractivity contribution is -0.391. The third-order valence-electron chi connectivity index (χ3n) is 3.90. The lowest BCUT2D eigenvalue weighted by Gasteiger charge is -2.31. The third kappa shape index (κ3) is 2.82. The molecule has 1 fully saturated rings. The molecule has 0 atom stereocenters. The molecule has 110 valence electrons. The molecule has 0 aliphatic carbocycles. The predicted molar refractivity (Wildman–Crippen MR) is 74.6 cm³/mol. The van der Waals surface area contributed by atoms with E-state index < -0.39 is 4.92 Å². The van der Waals surface area contributed by atoms with Crippen molar-refractivity contribution in [3.63, 3.8) is 0 Å². The highest BCUT2D eigenvalue weighted by Crippen LogP contribution is 2.21. The van der Waals surface area contributed by atoms with Crippen molar-refractivity contribution < 1.29 is 9.72 Å². The van der Waals surface area contributed by atoms with Gasteiger partial charge in [0.1, 0.15) is 0 Å². The third-order valence-corrected chi connectivity index (χ3v) is 3.90. The summed E-state index contributed by atoms with van der Waals surface area (Å²) in [6.07, 6.45) is 1.94. The van der Waals surface area contributed by atoms with Crippen LogP contribution < -0.4 is 5.32 Å². The SMILES string of the molecule is CNCC1CCN(C(=O)c2ccc([N+](=O)[O-])n2C)CC1. The van der Waals surface area contributed by atoms with Gasteiger partial charge in [0.05, 0.1) is 7.05 Å². The second-order valence-electron chi connectivity index (χ2n) is 5.19. The Bertz CT molecular complexity index is 504. The number of nitro groups is 1. The van der Waals surface area contributed by atoms with Crippen molar-refractivity contribution in [3.05, 3.63) is 27.9 Å².